The maximum absolute atomic E-state index is 13.2. The zero-order valence-electron chi connectivity index (χ0n) is 16.9. The highest BCUT2D eigenvalue weighted by molar-refractivity contribution is 7.92. The number of amides is 2. The average Bonchev–Trinajstić information content (AvgIpc) is 3.28. The lowest BCUT2D eigenvalue weighted by molar-refractivity contribution is 0.249. The van der Waals surface area contributed by atoms with E-state index in [-0.39, 0.29) is 27.7 Å². The lowest BCUT2D eigenvalue weighted by Gasteiger charge is -2.20. The zero-order chi connectivity index (χ0) is 21.3. The number of hydrogen-bond donors (Lipinski definition) is 3. The van der Waals surface area contributed by atoms with E-state index < -0.39 is 26.9 Å². The van der Waals surface area contributed by atoms with E-state index in [0.717, 1.165) is 24.8 Å². The molecule has 0 aromatic heterocycles. The largest absolute Gasteiger partial charge is 0.504 e. The predicted octanol–water partition coefficient (Wildman–Crippen LogP) is 3.53. The van der Waals surface area contributed by atoms with E-state index in [1.807, 2.05) is 25.9 Å². The van der Waals surface area contributed by atoms with Gasteiger partial charge >= 0.3 is 6.03 Å². The monoisotopic (exact) mass is 441 g/mol. The Hall–Kier alpha value is -1.77. The van der Waals surface area contributed by atoms with Gasteiger partial charge in [-0.2, -0.15) is 0 Å². The summed E-state index contributed by atoms with van der Waals surface area (Å²) in [5, 5.41) is 15.4. The Labute approximate surface area is 177 Å². The van der Waals surface area contributed by atoms with Gasteiger partial charge in [-0.15, -0.1) is 0 Å². The molecule has 9 heteroatoms. The number of nitrogens with zero attached hydrogens (tertiary/aromatic N) is 1. The van der Waals surface area contributed by atoms with Crippen LogP contribution in [0.3, 0.4) is 0 Å². The lowest BCUT2D eigenvalue weighted by Crippen LogP contribution is -2.37. The van der Waals surface area contributed by atoms with Gasteiger partial charge in [0.05, 0.1) is 22.0 Å². The maximum atomic E-state index is 13.2. The molecule has 1 saturated carbocycles. The van der Waals surface area contributed by atoms with Gasteiger partial charge in [0, 0.05) is 6.04 Å². The summed E-state index contributed by atoms with van der Waals surface area (Å²) in [6, 6.07) is 2.41. The smallest absolute Gasteiger partial charge is 0.319 e. The number of carbonyl (C=O) groups is 1. The minimum absolute atomic E-state index is 0.0206. The highest BCUT2D eigenvalue weighted by Crippen LogP contribution is 2.42. The summed E-state index contributed by atoms with van der Waals surface area (Å²) in [5.41, 5.74) is 1.10. The van der Waals surface area contributed by atoms with E-state index in [1.54, 1.807) is 0 Å². The number of nitrogens with one attached hydrogen (secondary N) is 2. The van der Waals surface area contributed by atoms with Gasteiger partial charge in [-0.3, -0.25) is 0 Å². The number of urea groups is 1. The van der Waals surface area contributed by atoms with Crippen molar-refractivity contribution in [1.82, 2.24) is 10.2 Å². The first-order valence-corrected chi connectivity index (χ1v) is 11.7. The van der Waals surface area contributed by atoms with Crippen LogP contribution in [0.25, 0.3) is 0 Å². The Morgan fingerprint density at radius 1 is 1.24 bits per heavy atom. The molecule has 7 nitrogen and oxygen atoms in total. The van der Waals surface area contributed by atoms with E-state index in [2.05, 4.69) is 16.7 Å². The molecule has 2 amide bonds. The second-order valence-electron chi connectivity index (χ2n) is 8.05. The van der Waals surface area contributed by atoms with Crippen LogP contribution in [0.2, 0.25) is 5.02 Å². The number of carbonyl (C=O) groups excluding carboxylic acids is 1. The topological polar surface area (TPSA) is 98.7 Å². The Morgan fingerprint density at radius 3 is 2.55 bits per heavy atom. The van der Waals surface area contributed by atoms with Crippen LogP contribution in [-0.4, -0.2) is 55.9 Å². The first-order chi connectivity index (χ1) is 13.6. The highest BCUT2D eigenvalue weighted by atomic mass is 35.5. The number of aromatic hydroxyl groups is 1. The van der Waals surface area contributed by atoms with Gasteiger partial charge in [0.25, 0.3) is 0 Å². The van der Waals surface area contributed by atoms with Crippen molar-refractivity contribution >= 4 is 33.2 Å². The standard InChI is InChI=1S/C20H28ClN3O4S/c1-12-5-4-6-16(12)22-20(26)23-17-10-9-15(21)19(18(17)25)29(27,28)14-8-7-13(11-14)24(2)3/h5,9-10,13-14,16,25H,4,6-8,11H2,1-3H3,(H2,22,23,26)/t13-,14-,16-/m1/s1. The Balaban J connectivity index is 1.81. The molecule has 0 bridgehead atoms. The van der Waals surface area contributed by atoms with Crippen LogP contribution in [0.4, 0.5) is 10.5 Å². The molecule has 29 heavy (non-hydrogen) atoms. The summed E-state index contributed by atoms with van der Waals surface area (Å²) in [6.07, 6.45) is 5.55. The molecule has 2 aliphatic carbocycles. The summed E-state index contributed by atoms with van der Waals surface area (Å²) < 4.78 is 26.4. The molecule has 3 rings (SSSR count). The van der Waals surface area contributed by atoms with Crippen molar-refractivity contribution in [2.24, 2.45) is 0 Å². The Bertz CT molecular complexity index is 930. The molecule has 0 unspecified atom stereocenters. The summed E-state index contributed by atoms with van der Waals surface area (Å²) in [5.74, 6) is -0.514. The van der Waals surface area contributed by atoms with Crippen LogP contribution in [-0.2, 0) is 9.84 Å². The number of sulfone groups is 1. The van der Waals surface area contributed by atoms with Crippen LogP contribution in [0.15, 0.2) is 28.7 Å². The normalized spacial score (nSPS) is 24.6. The van der Waals surface area contributed by atoms with E-state index in [9.17, 15) is 18.3 Å². The number of anilines is 1. The van der Waals surface area contributed by atoms with E-state index in [4.69, 9.17) is 11.6 Å². The summed E-state index contributed by atoms with van der Waals surface area (Å²) >= 11 is 6.17. The van der Waals surface area contributed by atoms with Crippen molar-refractivity contribution in [3.63, 3.8) is 0 Å². The van der Waals surface area contributed by atoms with Crippen molar-refractivity contribution in [1.29, 1.82) is 0 Å². The average molecular weight is 442 g/mol. The van der Waals surface area contributed by atoms with Gasteiger partial charge in [0.1, 0.15) is 4.90 Å². The fourth-order valence-electron chi connectivity index (χ4n) is 4.10. The van der Waals surface area contributed by atoms with E-state index in [0.29, 0.717) is 12.8 Å². The fraction of sp³-hybridized carbons (Fsp3) is 0.550. The third-order valence-corrected chi connectivity index (χ3v) is 8.63. The predicted molar refractivity (Wildman–Crippen MR) is 114 cm³/mol. The maximum Gasteiger partial charge on any atom is 0.319 e. The number of hydrogen-bond acceptors (Lipinski definition) is 5. The first kappa shape index (κ1) is 21.9. The number of rotatable bonds is 5. The van der Waals surface area contributed by atoms with Crippen molar-refractivity contribution in [2.75, 3.05) is 19.4 Å². The molecule has 0 saturated heterocycles. The third kappa shape index (κ3) is 4.54. The summed E-state index contributed by atoms with van der Waals surface area (Å²) in [6.45, 7) is 1.95. The second kappa shape index (κ2) is 8.53. The van der Waals surface area contributed by atoms with Crippen LogP contribution >= 0.6 is 11.6 Å². The first-order valence-electron chi connectivity index (χ1n) is 9.77. The number of phenolic OH excluding ortho intramolecular Hbond substituents is 1. The van der Waals surface area contributed by atoms with Crippen LogP contribution in [0.1, 0.15) is 39.0 Å². The zero-order valence-corrected chi connectivity index (χ0v) is 18.5. The Kier molecular flexibility index (Phi) is 6.45. The summed E-state index contributed by atoms with van der Waals surface area (Å²) in [7, 11) is 0.00488. The van der Waals surface area contributed by atoms with Crippen LogP contribution < -0.4 is 10.6 Å². The van der Waals surface area contributed by atoms with Crippen molar-refractivity contribution < 1.29 is 18.3 Å². The molecular weight excluding hydrogens is 414 g/mol. The van der Waals surface area contributed by atoms with Gasteiger partial charge in [-0.05, 0) is 65.3 Å². The van der Waals surface area contributed by atoms with Gasteiger partial charge in [0.15, 0.2) is 15.6 Å². The molecule has 3 N–H and O–H groups in total. The second-order valence-corrected chi connectivity index (χ2v) is 10.6. The molecule has 0 aliphatic heterocycles. The fourth-order valence-corrected chi connectivity index (χ4v) is 6.55. The lowest BCUT2D eigenvalue weighted by atomic mass is 10.2. The van der Waals surface area contributed by atoms with Gasteiger partial charge in [-0.1, -0.05) is 23.3 Å². The molecular formula is C20H28ClN3O4S. The molecule has 2 aliphatic rings. The summed E-state index contributed by atoms with van der Waals surface area (Å²) in [4.78, 5) is 14.0. The quantitative estimate of drug-likeness (QED) is 0.479. The molecule has 0 spiro atoms. The molecule has 1 aromatic carbocycles. The molecule has 3 atom stereocenters. The minimum Gasteiger partial charge on any atom is -0.504 e. The van der Waals surface area contributed by atoms with Gasteiger partial charge in [0.2, 0.25) is 0 Å². The van der Waals surface area contributed by atoms with Crippen LogP contribution in [0.5, 0.6) is 5.75 Å². The molecule has 1 fully saturated rings. The molecule has 0 radical (unpaired) electrons. The van der Waals surface area contributed by atoms with Gasteiger partial charge in [-0.25, -0.2) is 13.2 Å². The van der Waals surface area contributed by atoms with E-state index in [1.165, 1.54) is 12.1 Å². The molecule has 1 aromatic rings. The number of allylic oxidation sites excluding steroid dienone is 1. The van der Waals surface area contributed by atoms with Crippen molar-refractivity contribution in [3.05, 3.63) is 28.8 Å². The third-order valence-electron chi connectivity index (χ3n) is 5.92. The SMILES string of the molecule is CC1=CCC[C@H]1NC(=O)Nc1ccc(Cl)c(S(=O)(=O)[C@@H]2CC[C@@H](N(C)C)C2)c1O. The minimum atomic E-state index is -3.85. The van der Waals surface area contributed by atoms with Crippen molar-refractivity contribution in [2.45, 2.75) is 61.3 Å². The highest BCUT2D eigenvalue weighted by Gasteiger charge is 2.39. The van der Waals surface area contributed by atoms with E-state index >= 15 is 0 Å². The Morgan fingerprint density at radius 2 is 1.97 bits per heavy atom. The number of halogens is 1. The van der Waals surface area contributed by atoms with Crippen LogP contribution in [0, 0.1) is 0 Å². The van der Waals surface area contributed by atoms with Crippen molar-refractivity contribution in [3.8, 4) is 5.75 Å². The number of phenols is 1. The van der Waals surface area contributed by atoms with Gasteiger partial charge < -0.3 is 20.6 Å². The molecule has 0 heterocycles. The number of benzene rings is 1. The molecule has 160 valence electrons.